The van der Waals surface area contributed by atoms with E-state index in [1.54, 1.807) is 21.0 Å². The van der Waals surface area contributed by atoms with E-state index in [0.717, 1.165) is 5.56 Å². The van der Waals surface area contributed by atoms with Gasteiger partial charge in [0.25, 0.3) is 0 Å². The largest absolute Gasteiger partial charge is 0.391 e. The van der Waals surface area contributed by atoms with E-state index in [1.807, 2.05) is 44.2 Å². The van der Waals surface area contributed by atoms with Crippen molar-refractivity contribution in [2.24, 2.45) is 5.92 Å². The molecule has 1 aromatic carbocycles. The van der Waals surface area contributed by atoms with Crippen LogP contribution in [0.2, 0.25) is 0 Å². The van der Waals surface area contributed by atoms with Crippen molar-refractivity contribution in [3.8, 4) is 0 Å². The van der Waals surface area contributed by atoms with Gasteiger partial charge in [-0.15, -0.1) is 0 Å². The summed E-state index contributed by atoms with van der Waals surface area (Å²) >= 11 is 0. The van der Waals surface area contributed by atoms with Gasteiger partial charge in [-0.1, -0.05) is 44.2 Å². The Hall–Kier alpha value is -2.78. The minimum Gasteiger partial charge on any atom is -0.391 e. The molecule has 0 saturated carbocycles. The fraction of sp³-hybridized carbons (Fsp3) is 0.615. The molecule has 1 rings (SSSR count). The van der Waals surface area contributed by atoms with E-state index in [9.17, 15) is 24.3 Å². The van der Waals surface area contributed by atoms with Gasteiger partial charge >= 0.3 is 0 Å². The molecule has 0 spiro atoms. The molecule has 9 nitrogen and oxygen atoms in total. The maximum absolute atomic E-state index is 13.4. The molecule has 0 heterocycles. The van der Waals surface area contributed by atoms with Crippen LogP contribution < -0.4 is 10.6 Å². The van der Waals surface area contributed by atoms with Crippen molar-refractivity contribution in [1.29, 1.82) is 0 Å². The third-order valence-electron chi connectivity index (χ3n) is 6.30. The Morgan fingerprint density at radius 3 is 1.97 bits per heavy atom. The van der Waals surface area contributed by atoms with Crippen LogP contribution in [-0.2, 0) is 25.6 Å². The Balaban J connectivity index is 3.12. The van der Waals surface area contributed by atoms with Crippen molar-refractivity contribution >= 4 is 23.5 Å². The number of amides is 3. The predicted molar refractivity (Wildman–Crippen MR) is 136 cm³/mol. The monoisotopic (exact) mass is 490 g/mol. The molecule has 196 valence electrons. The number of rotatable bonds is 13. The number of nitrogens with zero attached hydrogens (tertiary/aromatic N) is 2. The zero-order valence-corrected chi connectivity index (χ0v) is 22.2. The average Bonchev–Trinajstić information content (AvgIpc) is 2.82. The highest BCUT2D eigenvalue weighted by molar-refractivity contribution is 5.95. The highest BCUT2D eigenvalue weighted by Crippen LogP contribution is 2.15. The normalized spacial score (nSPS) is 15.5. The van der Waals surface area contributed by atoms with Crippen LogP contribution in [0.3, 0.4) is 0 Å². The standard InChI is InChI=1S/C26H42N4O5/c1-16(2)14-22(30(8)25(34)21(27-6)15-20-12-10-9-11-13-20)24(33)28-23(19(5)32)26(35)29(7)17(3)18(4)31/h9-13,16-17,19,21-23,27,32H,14-15H2,1-8H3,(H,28,33)/t17-,19+,21-,22-,23-/m0/s1. The molecule has 0 fully saturated rings. The van der Waals surface area contributed by atoms with E-state index >= 15 is 0 Å². The molecule has 0 bridgehead atoms. The Morgan fingerprint density at radius 1 is 0.943 bits per heavy atom. The van der Waals surface area contributed by atoms with E-state index in [0.29, 0.717) is 12.8 Å². The number of Topliss-reactive ketones (excluding diaryl/α,β-unsaturated/α-hetero) is 1. The predicted octanol–water partition coefficient (Wildman–Crippen LogP) is 0.992. The van der Waals surface area contributed by atoms with Gasteiger partial charge in [0.05, 0.1) is 18.2 Å². The Kier molecular flexibility index (Phi) is 12.1. The fourth-order valence-electron chi connectivity index (χ4n) is 3.77. The molecule has 0 unspecified atom stereocenters. The summed E-state index contributed by atoms with van der Waals surface area (Å²) in [6, 6.07) is 6.25. The van der Waals surface area contributed by atoms with Crippen LogP contribution >= 0.6 is 0 Å². The lowest BCUT2D eigenvalue weighted by Crippen LogP contribution is -2.60. The summed E-state index contributed by atoms with van der Waals surface area (Å²) in [5.41, 5.74) is 0.987. The van der Waals surface area contributed by atoms with Gasteiger partial charge in [0.1, 0.15) is 12.1 Å². The average molecular weight is 491 g/mol. The van der Waals surface area contributed by atoms with Crippen LogP contribution in [0, 0.1) is 5.92 Å². The molecule has 0 radical (unpaired) electrons. The van der Waals surface area contributed by atoms with Crippen molar-refractivity contribution < 1.29 is 24.3 Å². The van der Waals surface area contributed by atoms with E-state index in [2.05, 4.69) is 10.6 Å². The summed E-state index contributed by atoms with van der Waals surface area (Å²) in [5, 5.41) is 15.9. The van der Waals surface area contributed by atoms with Gasteiger partial charge in [0, 0.05) is 14.1 Å². The number of nitrogens with one attached hydrogen (secondary N) is 2. The van der Waals surface area contributed by atoms with Gasteiger partial charge in [-0.05, 0) is 52.1 Å². The molecule has 35 heavy (non-hydrogen) atoms. The third-order valence-corrected chi connectivity index (χ3v) is 6.30. The maximum atomic E-state index is 13.4. The third kappa shape index (κ3) is 8.74. The topological polar surface area (TPSA) is 119 Å². The molecule has 9 heteroatoms. The summed E-state index contributed by atoms with van der Waals surface area (Å²) in [7, 11) is 4.73. The minimum absolute atomic E-state index is 0.0873. The molecular weight excluding hydrogens is 448 g/mol. The van der Waals surface area contributed by atoms with Crippen LogP contribution in [0.4, 0.5) is 0 Å². The van der Waals surface area contributed by atoms with Crippen molar-refractivity contribution in [2.45, 2.75) is 77.7 Å². The second-order valence-electron chi connectivity index (χ2n) is 9.59. The lowest BCUT2D eigenvalue weighted by atomic mass is 9.99. The Bertz CT molecular complexity index is 859. The van der Waals surface area contributed by atoms with E-state index < -0.39 is 42.1 Å². The number of aliphatic hydroxyl groups excluding tert-OH is 1. The summed E-state index contributed by atoms with van der Waals surface area (Å²) in [5.74, 6) is -1.49. The van der Waals surface area contributed by atoms with Crippen LogP contribution in [0.1, 0.15) is 46.6 Å². The zero-order valence-electron chi connectivity index (χ0n) is 22.2. The summed E-state index contributed by atoms with van der Waals surface area (Å²) in [6.45, 7) is 8.24. The lowest BCUT2D eigenvalue weighted by molar-refractivity contribution is -0.145. The van der Waals surface area contributed by atoms with Crippen LogP contribution in [0.5, 0.6) is 0 Å². The number of carbonyl (C=O) groups is 4. The van der Waals surface area contributed by atoms with E-state index in [1.165, 1.54) is 30.7 Å². The molecule has 0 aliphatic rings. The highest BCUT2D eigenvalue weighted by atomic mass is 16.3. The first kappa shape index (κ1) is 30.3. The first-order valence-corrected chi connectivity index (χ1v) is 12.0. The number of hydrogen-bond donors (Lipinski definition) is 3. The van der Waals surface area contributed by atoms with Crippen LogP contribution in [-0.4, -0.2) is 89.8 Å². The molecule has 5 atom stereocenters. The van der Waals surface area contributed by atoms with Crippen molar-refractivity contribution in [1.82, 2.24) is 20.4 Å². The van der Waals surface area contributed by atoms with E-state index in [-0.39, 0.29) is 17.6 Å². The summed E-state index contributed by atoms with van der Waals surface area (Å²) in [4.78, 5) is 54.0. The maximum Gasteiger partial charge on any atom is 0.248 e. The van der Waals surface area contributed by atoms with Gasteiger partial charge in [-0.3, -0.25) is 19.2 Å². The Morgan fingerprint density at radius 2 is 1.51 bits per heavy atom. The summed E-state index contributed by atoms with van der Waals surface area (Å²) in [6.07, 6.45) is -0.369. The van der Waals surface area contributed by atoms with Gasteiger partial charge < -0.3 is 25.5 Å². The molecule has 1 aromatic rings. The number of likely N-dealkylation sites (N-methyl/N-ethyl adjacent to an activating group) is 3. The quantitative estimate of drug-likeness (QED) is 0.379. The molecule has 3 amide bonds. The summed E-state index contributed by atoms with van der Waals surface area (Å²) < 4.78 is 0. The smallest absolute Gasteiger partial charge is 0.248 e. The lowest BCUT2D eigenvalue weighted by Gasteiger charge is -2.34. The van der Waals surface area contributed by atoms with Gasteiger partial charge in [0.2, 0.25) is 17.7 Å². The van der Waals surface area contributed by atoms with Crippen LogP contribution in [0.25, 0.3) is 0 Å². The highest BCUT2D eigenvalue weighted by Gasteiger charge is 2.36. The van der Waals surface area contributed by atoms with Gasteiger partial charge in [-0.25, -0.2) is 0 Å². The van der Waals surface area contributed by atoms with Gasteiger partial charge in [0.15, 0.2) is 5.78 Å². The molecule has 0 aromatic heterocycles. The fourth-order valence-corrected chi connectivity index (χ4v) is 3.77. The first-order chi connectivity index (χ1) is 16.3. The number of hydrogen-bond acceptors (Lipinski definition) is 6. The molecule has 3 N–H and O–H groups in total. The molecule has 0 aliphatic heterocycles. The SMILES string of the molecule is CN[C@@H](Cc1ccccc1)C(=O)N(C)[C@@H](CC(C)C)C(=O)N[C@H](C(=O)N(C)[C@@H](C)C(C)=O)[C@@H](C)O. The zero-order chi connectivity index (χ0) is 26.9. The Labute approximate surface area is 209 Å². The molecular formula is C26H42N4O5. The van der Waals surface area contributed by atoms with Crippen molar-refractivity contribution in [3.05, 3.63) is 35.9 Å². The van der Waals surface area contributed by atoms with Crippen LogP contribution in [0.15, 0.2) is 30.3 Å². The first-order valence-electron chi connectivity index (χ1n) is 12.0. The number of benzene rings is 1. The number of carbonyl (C=O) groups excluding carboxylic acids is 4. The van der Waals surface area contributed by atoms with Gasteiger partial charge in [-0.2, -0.15) is 0 Å². The minimum atomic E-state index is -1.25. The second-order valence-corrected chi connectivity index (χ2v) is 9.59. The van der Waals surface area contributed by atoms with Crippen molar-refractivity contribution in [3.63, 3.8) is 0 Å². The van der Waals surface area contributed by atoms with Crippen molar-refractivity contribution in [2.75, 3.05) is 21.1 Å². The second kappa shape index (κ2) is 13.9. The number of aliphatic hydroxyl groups is 1. The van der Waals surface area contributed by atoms with E-state index in [4.69, 9.17) is 0 Å². The molecule has 0 saturated heterocycles. The number of ketones is 1. The molecule has 0 aliphatic carbocycles.